The lowest BCUT2D eigenvalue weighted by atomic mass is 9.97. The smallest absolute Gasteiger partial charge is 0.418 e. The van der Waals surface area contributed by atoms with E-state index in [9.17, 15) is 18.0 Å². The van der Waals surface area contributed by atoms with E-state index in [1.54, 1.807) is 11.8 Å². The molecule has 9 heteroatoms. The summed E-state index contributed by atoms with van der Waals surface area (Å²) in [4.78, 5) is 13.6. The van der Waals surface area contributed by atoms with E-state index < -0.39 is 23.3 Å². The van der Waals surface area contributed by atoms with Crippen LogP contribution in [0.5, 0.6) is 5.75 Å². The summed E-state index contributed by atoms with van der Waals surface area (Å²) in [5.74, 6) is 0.210. The second kappa shape index (κ2) is 6.61. The van der Waals surface area contributed by atoms with Crippen molar-refractivity contribution < 1.29 is 22.7 Å². The predicted molar refractivity (Wildman–Crippen MR) is 97.1 cm³/mol. The fourth-order valence-electron chi connectivity index (χ4n) is 3.46. The number of ether oxygens (including phenoxy) is 1. The van der Waals surface area contributed by atoms with Gasteiger partial charge in [-0.2, -0.15) is 18.3 Å². The maximum Gasteiger partial charge on any atom is 0.418 e. The van der Waals surface area contributed by atoms with Gasteiger partial charge in [0.05, 0.1) is 11.3 Å². The van der Waals surface area contributed by atoms with Crippen molar-refractivity contribution in [1.82, 2.24) is 5.43 Å². The summed E-state index contributed by atoms with van der Waals surface area (Å²) in [6.07, 6.45) is -3.01. The van der Waals surface area contributed by atoms with Gasteiger partial charge in [-0.15, -0.1) is 0 Å². The average Bonchev–Trinajstić information content (AvgIpc) is 2.55. The van der Waals surface area contributed by atoms with Crippen molar-refractivity contribution in [2.24, 2.45) is 5.10 Å². The molecule has 27 heavy (non-hydrogen) atoms. The summed E-state index contributed by atoms with van der Waals surface area (Å²) in [5, 5.41) is 6.99. The molecule has 0 bridgehead atoms. The zero-order valence-electron chi connectivity index (χ0n) is 15.7. The normalized spacial score (nSPS) is 19.5. The first-order valence-corrected chi connectivity index (χ1v) is 8.85. The van der Waals surface area contributed by atoms with Gasteiger partial charge in [-0.1, -0.05) is 13.3 Å². The minimum atomic E-state index is -4.54. The lowest BCUT2D eigenvalue weighted by molar-refractivity contribution is -0.137. The highest BCUT2D eigenvalue weighted by molar-refractivity contribution is 6.09. The van der Waals surface area contributed by atoms with Crippen LogP contribution in [-0.4, -0.2) is 29.9 Å². The topological polar surface area (TPSA) is 66.0 Å². The minimum absolute atomic E-state index is 0.0109. The van der Waals surface area contributed by atoms with Gasteiger partial charge < -0.3 is 15.0 Å². The molecule has 0 aliphatic carbocycles. The maximum atomic E-state index is 13.7. The van der Waals surface area contributed by atoms with Crippen molar-refractivity contribution in [2.45, 2.75) is 58.3 Å². The molecule has 2 aliphatic heterocycles. The van der Waals surface area contributed by atoms with E-state index in [1.165, 1.54) is 6.07 Å². The fraction of sp³-hybridized carbons (Fsp3) is 0.556. The van der Waals surface area contributed by atoms with Crippen LogP contribution < -0.4 is 20.4 Å². The third kappa shape index (κ3) is 3.68. The molecule has 0 fully saturated rings. The molecule has 2 heterocycles. The number of hydrazone groups is 1. The second-order valence-electron chi connectivity index (χ2n) is 7.46. The van der Waals surface area contributed by atoms with Crippen molar-refractivity contribution in [2.75, 3.05) is 16.8 Å². The first-order chi connectivity index (χ1) is 12.5. The molecule has 148 valence electrons. The Morgan fingerprint density at radius 1 is 1.37 bits per heavy atom. The van der Waals surface area contributed by atoms with Gasteiger partial charge in [0, 0.05) is 11.2 Å². The Labute approximate surface area is 155 Å². The Morgan fingerprint density at radius 2 is 2.07 bits per heavy atom. The summed E-state index contributed by atoms with van der Waals surface area (Å²) in [6.45, 7) is 7.35. The molecule has 1 atom stereocenters. The molecule has 0 saturated carbocycles. The molecule has 1 unspecified atom stereocenters. The molecule has 0 spiro atoms. The summed E-state index contributed by atoms with van der Waals surface area (Å²) < 4.78 is 46.5. The number of rotatable bonds is 4. The molecule has 2 aliphatic rings. The Kier molecular flexibility index (Phi) is 4.73. The van der Waals surface area contributed by atoms with Crippen LogP contribution in [-0.2, 0) is 11.0 Å². The number of amidine groups is 1. The molecule has 2 N–H and O–H groups in total. The van der Waals surface area contributed by atoms with Gasteiger partial charge in [0.15, 0.2) is 5.84 Å². The second-order valence-corrected chi connectivity index (χ2v) is 7.46. The number of nitrogens with one attached hydrogen (secondary N) is 2. The molecular weight excluding hydrogens is 361 g/mol. The fourth-order valence-corrected chi connectivity index (χ4v) is 3.46. The Bertz CT molecular complexity index is 790. The molecule has 3 rings (SSSR count). The van der Waals surface area contributed by atoms with E-state index >= 15 is 0 Å². The molecular formula is C18H23F3N4O2. The summed E-state index contributed by atoms with van der Waals surface area (Å²) in [7, 11) is 0. The molecule has 1 aromatic carbocycles. The van der Waals surface area contributed by atoms with Gasteiger partial charge >= 0.3 is 6.18 Å². The predicted octanol–water partition coefficient (Wildman–Crippen LogP) is 3.73. The number of halogens is 3. The molecule has 1 amide bonds. The number of carbonyl (C=O) groups is 1. The van der Waals surface area contributed by atoms with Crippen LogP contribution in [0.4, 0.5) is 24.5 Å². The number of fused-ring (bicyclic) bond motifs is 3. The zero-order chi connectivity index (χ0) is 20.0. The van der Waals surface area contributed by atoms with Gasteiger partial charge in [-0.25, -0.2) is 5.43 Å². The van der Waals surface area contributed by atoms with E-state index in [0.717, 1.165) is 12.5 Å². The van der Waals surface area contributed by atoms with Crippen LogP contribution in [0.1, 0.15) is 46.1 Å². The number of alkyl halides is 3. The van der Waals surface area contributed by atoms with Crippen molar-refractivity contribution in [3.05, 3.63) is 17.7 Å². The Morgan fingerprint density at radius 3 is 2.70 bits per heavy atom. The van der Waals surface area contributed by atoms with E-state index in [0.29, 0.717) is 17.9 Å². The first-order valence-electron chi connectivity index (χ1n) is 8.85. The highest BCUT2D eigenvalue weighted by Crippen LogP contribution is 2.45. The number of nitrogens with zero attached hydrogens (tertiary/aromatic N) is 2. The quantitative estimate of drug-likeness (QED) is 0.830. The summed E-state index contributed by atoms with van der Waals surface area (Å²) in [5.41, 5.74) is 1.43. The number of amides is 1. The number of hydrogen-bond acceptors (Lipinski definition) is 5. The third-order valence-electron chi connectivity index (χ3n) is 4.71. The zero-order valence-corrected chi connectivity index (χ0v) is 15.7. The van der Waals surface area contributed by atoms with Crippen LogP contribution >= 0.6 is 0 Å². The third-order valence-corrected chi connectivity index (χ3v) is 4.71. The summed E-state index contributed by atoms with van der Waals surface area (Å²) in [6, 6.07) is 1.79. The van der Waals surface area contributed by atoms with E-state index in [2.05, 4.69) is 15.8 Å². The standard InChI is InChI=1S/C18H23F3N4O2/c1-5-6-17(3,4)22-12-8-13-14(7-11(12)18(19,20)21)27-9-15-23-24-16(26)10(2)25(13)15/h7-8,10,22H,5-6,9H2,1-4H3,(H,24,26). The largest absolute Gasteiger partial charge is 0.483 e. The molecule has 0 aromatic heterocycles. The van der Waals surface area contributed by atoms with E-state index in [4.69, 9.17) is 4.74 Å². The van der Waals surface area contributed by atoms with Crippen molar-refractivity contribution in [3.8, 4) is 5.75 Å². The summed E-state index contributed by atoms with van der Waals surface area (Å²) >= 11 is 0. The van der Waals surface area contributed by atoms with E-state index in [-0.39, 0.29) is 24.0 Å². The SMILES string of the molecule is CCCC(C)(C)Nc1cc2c(cc1C(F)(F)F)OCC1=NNC(=O)C(C)N12. The Hall–Kier alpha value is -2.45. The van der Waals surface area contributed by atoms with Gasteiger partial charge in [-0.3, -0.25) is 4.79 Å². The van der Waals surface area contributed by atoms with Gasteiger partial charge in [0.1, 0.15) is 18.4 Å². The van der Waals surface area contributed by atoms with Crippen molar-refractivity contribution in [3.63, 3.8) is 0 Å². The van der Waals surface area contributed by atoms with Crippen LogP contribution in [0, 0.1) is 0 Å². The Balaban J connectivity index is 2.12. The molecule has 1 aromatic rings. The number of anilines is 2. The van der Waals surface area contributed by atoms with Gasteiger partial charge in [0.2, 0.25) is 0 Å². The van der Waals surface area contributed by atoms with E-state index in [1.807, 2.05) is 20.8 Å². The van der Waals surface area contributed by atoms with Crippen molar-refractivity contribution >= 4 is 23.1 Å². The highest BCUT2D eigenvalue weighted by Gasteiger charge is 2.40. The number of carbonyl (C=O) groups excluding carboxylic acids is 1. The van der Waals surface area contributed by atoms with Crippen LogP contribution in [0.25, 0.3) is 0 Å². The minimum Gasteiger partial charge on any atom is -0.483 e. The molecule has 0 saturated heterocycles. The van der Waals surface area contributed by atoms with Gasteiger partial charge in [-0.05, 0) is 39.3 Å². The average molecular weight is 384 g/mol. The monoisotopic (exact) mass is 384 g/mol. The lowest BCUT2D eigenvalue weighted by Gasteiger charge is -2.39. The van der Waals surface area contributed by atoms with Crippen LogP contribution in [0.2, 0.25) is 0 Å². The molecule has 0 radical (unpaired) electrons. The lowest BCUT2D eigenvalue weighted by Crippen LogP contribution is -2.55. The maximum absolute atomic E-state index is 13.7. The highest BCUT2D eigenvalue weighted by atomic mass is 19.4. The van der Waals surface area contributed by atoms with Gasteiger partial charge in [0.25, 0.3) is 5.91 Å². The van der Waals surface area contributed by atoms with Crippen LogP contribution in [0.15, 0.2) is 17.2 Å². The number of hydrogen-bond donors (Lipinski definition) is 2. The van der Waals surface area contributed by atoms with Crippen LogP contribution in [0.3, 0.4) is 0 Å². The van der Waals surface area contributed by atoms with Crippen molar-refractivity contribution in [1.29, 1.82) is 0 Å². The number of benzene rings is 1. The molecule has 6 nitrogen and oxygen atoms in total. The first kappa shape index (κ1) is 19.3.